The summed E-state index contributed by atoms with van der Waals surface area (Å²) in [5.74, 6) is 0.172. The maximum absolute atomic E-state index is 10.9. The summed E-state index contributed by atoms with van der Waals surface area (Å²) in [7, 11) is 0. The molecule has 0 unspecified atom stereocenters. The van der Waals surface area contributed by atoms with Crippen molar-refractivity contribution < 1.29 is 10.0 Å². The number of aromatic nitrogens is 2. The van der Waals surface area contributed by atoms with Gasteiger partial charge in [0.25, 0.3) is 5.69 Å². The molecule has 0 atom stereocenters. The molecule has 0 saturated carbocycles. The van der Waals surface area contributed by atoms with Crippen LogP contribution in [0.15, 0.2) is 42.7 Å². The molecular weight excluding hydrogens is 246 g/mol. The van der Waals surface area contributed by atoms with Crippen LogP contribution in [0.1, 0.15) is 0 Å². The zero-order valence-corrected chi connectivity index (χ0v) is 9.70. The molecule has 0 spiro atoms. The van der Waals surface area contributed by atoms with E-state index in [0.29, 0.717) is 11.0 Å². The van der Waals surface area contributed by atoms with Crippen molar-refractivity contribution in [3.63, 3.8) is 0 Å². The Kier molecular flexibility index (Phi) is 2.42. The monoisotopic (exact) mass is 255 g/mol. The van der Waals surface area contributed by atoms with Crippen LogP contribution in [-0.2, 0) is 0 Å². The number of nitrogens with one attached hydrogen (secondary N) is 1. The minimum Gasteiger partial charge on any atom is -0.508 e. The number of fused-ring (bicyclic) bond motifs is 1. The minimum absolute atomic E-state index is 0.00290. The largest absolute Gasteiger partial charge is 0.508 e. The van der Waals surface area contributed by atoms with Crippen LogP contribution in [0, 0.1) is 10.1 Å². The topological polar surface area (TPSA) is 92.0 Å². The van der Waals surface area contributed by atoms with Crippen molar-refractivity contribution in [1.82, 2.24) is 9.97 Å². The minimum atomic E-state index is -0.443. The van der Waals surface area contributed by atoms with Crippen molar-refractivity contribution in [2.75, 3.05) is 0 Å². The van der Waals surface area contributed by atoms with E-state index in [1.165, 1.54) is 6.20 Å². The molecule has 0 fully saturated rings. The second kappa shape index (κ2) is 4.09. The van der Waals surface area contributed by atoms with Gasteiger partial charge in [-0.25, -0.2) is 4.98 Å². The Labute approximate surface area is 107 Å². The average molecular weight is 255 g/mol. The van der Waals surface area contributed by atoms with Crippen LogP contribution in [0.25, 0.3) is 22.2 Å². The fourth-order valence-corrected chi connectivity index (χ4v) is 1.95. The van der Waals surface area contributed by atoms with Crippen LogP contribution >= 0.6 is 0 Å². The number of phenols is 1. The Morgan fingerprint density at radius 1 is 1.21 bits per heavy atom. The highest BCUT2D eigenvalue weighted by Crippen LogP contribution is 2.29. The van der Waals surface area contributed by atoms with Crippen LogP contribution in [-0.4, -0.2) is 20.0 Å². The van der Waals surface area contributed by atoms with Gasteiger partial charge >= 0.3 is 0 Å². The molecule has 1 aromatic carbocycles. The van der Waals surface area contributed by atoms with Gasteiger partial charge in [-0.1, -0.05) is 12.1 Å². The van der Waals surface area contributed by atoms with E-state index in [-0.39, 0.29) is 11.4 Å². The molecule has 0 radical (unpaired) electrons. The number of hydrogen-bond acceptors (Lipinski definition) is 4. The Bertz CT molecular complexity index is 762. The molecule has 0 aliphatic heterocycles. The summed E-state index contributed by atoms with van der Waals surface area (Å²) in [4.78, 5) is 17.4. The van der Waals surface area contributed by atoms with Crippen LogP contribution in [0.4, 0.5) is 5.69 Å². The quantitative estimate of drug-likeness (QED) is 0.544. The smallest absolute Gasteiger partial charge is 0.296 e. The number of nitrogens with zero attached hydrogens (tertiary/aromatic N) is 2. The van der Waals surface area contributed by atoms with E-state index in [1.807, 2.05) is 0 Å². The van der Waals surface area contributed by atoms with E-state index < -0.39 is 4.92 Å². The van der Waals surface area contributed by atoms with Gasteiger partial charge in [0.1, 0.15) is 11.4 Å². The first-order valence-corrected chi connectivity index (χ1v) is 5.56. The van der Waals surface area contributed by atoms with Gasteiger partial charge in [-0.05, 0) is 23.8 Å². The van der Waals surface area contributed by atoms with Crippen molar-refractivity contribution >= 4 is 16.7 Å². The summed E-state index contributed by atoms with van der Waals surface area (Å²) >= 11 is 0. The highest BCUT2D eigenvalue weighted by Gasteiger charge is 2.15. The Hall–Kier alpha value is -2.89. The third-order valence-electron chi connectivity index (χ3n) is 2.91. The first-order valence-electron chi connectivity index (χ1n) is 5.56. The zero-order valence-electron chi connectivity index (χ0n) is 9.70. The lowest BCUT2D eigenvalue weighted by atomic mass is 10.1. The number of nitro groups is 1. The van der Waals surface area contributed by atoms with Gasteiger partial charge in [-0.15, -0.1) is 0 Å². The van der Waals surface area contributed by atoms with Gasteiger partial charge < -0.3 is 10.1 Å². The predicted octanol–water partition coefficient (Wildman–Crippen LogP) is 2.84. The van der Waals surface area contributed by atoms with E-state index in [1.54, 1.807) is 36.5 Å². The van der Waals surface area contributed by atoms with Gasteiger partial charge in [-0.2, -0.15) is 0 Å². The zero-order chi connectivity index (χ0) is 13.4. The number of hydrogen-bond donors (Lipinski definition) is 2. The van der Waals surface area contributed by atoms with Crippen LogP contribution in [0.2, 0.25) is 0 Å². The molecule has 0 saturated heterocycles. The van der Waals surface area contributed by atoms with Gasteiger partial charge in [0.15, 0.2) is 0 Å². The molecule has 3 rings (SSSR count). The molecule has 0 bridgehead atoms. The molecule has 0 amide bonds. The Balaban J connectivity index is 2.17. The van der Waals surface area contributed by atoms with E-state index >= 15 is 0 Å². The maximum atomic E-state index is 10.9. The van der Waals surface area contributed by atoms with Gasteiger partial charge in [0, 0.05) is 11.8 Å². The number of phenolic OH excluding ortho intramolecular Hbond substituents is 1. The first kappa shape index (κ1) is 11.2. The van der Waals surface area contributed by atoms with Crippen molar-refractivity contribution in [3.8, 4) is 16.9 Å². The number of benzene rings is 1. The van der Waals surface area contributed by atoms with Crippen LogP contribution < -0.4 is 0 Å². The van der Waals surface area contributed by atoms with E-state index in [9.17, 15) is 15.2 Å². The lowest BCUT2D eigenvalue weighted by Crippen LogP contribution is -1.86. The van der Waals surface area contributed by atoms with Gasteiger partial charge in [-0.3, -0.25) is 10.1 Å². The Morgan fingerprint density at radius 2 is 1.95 bits per heavy atom. The molecule has 0 aliphatic rings. The van der Waals surface area contributed by atoms with Crippen LogP contribution in [0.5, 0.6) is 5.75 Å². The molecule has 94 valence electrons. The molecular formula is C13H9N3O3. The van der Waals surface area contributed by atoms with Crippen molar-refractivity contribution in [1.29, 1.82) is 0 Å². The third kappa shape index (κ3) is 1.89. The highest BCUT2D eigenvalue weighted by molar-refractivity contribution is 5.89. The highest BCUT2D eigenvalue weighted by atomic mass is 16.6. The molecule has 2 N–H and O–H groups in total. The lowest BCUT2D eigenvalue weighted by Gasteiger charge is -2.01. The van der Waals surface area contributed by atoms with Crippen LogP contribution in [0.3, 0.4) is 0 Å². The van der Waals surface area contributed by atoms with Crippen molar-refractivity contribution in [2.45, 2.75) is 0 Å². The van der Waals surface area contributed by atoms with Crippen molar-refractivity contribution in [2.24, 2.45) is 0 Å². The molecule has 6 heteroatoms. The SMILES string of the molecule is O=[N+]([O-])c1c[nH]c2ncc(-c3ccc(O)cc3)cc12. The summed E-state index contributed by atoms with van der Waals surface area (Å²) in [5.41, 5.74) is 2.08. The summed E-state index contributed by atoms with van der Waals surface area (Å²) in [6.07, 6.45) is 2.97. The lowest BCUT2D eigenvalue weighted by molar-refractivity contribution is -0.383. The number of H-pyrrole nitrogens is 1. The second-order valence-electron chi connectivity index (χ2n) is 4.10. The molecule has 3 aromatic rings. The summed E-state index contributed by atoms with van der Waals surface area (Å²) in [5, 5.41) is 20.6. The van der Waals surface area contributed by atoms with E-state index in [2.05, 4.69) is 9.97 Å². The molecule has 6 nitrogen and oxygen atoms in total. The number of aromatic amines is 1. The van der Waals surface area contributed by atoms with Crippen molar-refractivity contribution in [3.05, 3.63) is 52.8 Å². The van der Waals surface area contributed by atoms with Gasteiger partial charge in [0.05, 0.1) is 16.5 Å². The molecule has 2 heterocycles. The predicted molar refractivity (Wildman–Crippen MR) is 69.8 cm³/mol. The van der Waals surface area contributed by atoms with E-state index in [4.69, 9.17) is 0 Å². The standard InChI is InChI=1S/C13H9N3O3/c17-10-3-1-8(2-4-10)9-5-11-12(16(18)19)7-15-13(11)14-6-9/h1-7,17H,(H,14,15). The first-order chi connectivity index (χ1) is 9.15. The summed E-state index contributed by atoms with van der Waals surface area (Å²) in [6, 6.07) is 8.30. The number of pyridine rings is 1. The number of rotatable bonds is 2. The molecule has 0 aliphatic carbocycles. The third-order valence-corrected chi connectivity index (χ3v) is 2.91. The maximum Gasteiger partial charge on any atom is 0.296 e. The fourth-order valence-electron chi connectivity index (χ4n) is 1.95. The summed E-state index contributed by atoms with van der Waals surface area (Å²) in [6.45, 7) is 0. The molecule has 19 heavy (non-hydrogen) atoms. The van der Waals surface area contributed by atoms with E-state index in [0.717, 1.165) is 11.1 Å². The number of aromatic hydroxyl groups is 1. The fraction of sp³-hybridized carbons (Fsp3) is 0. The Morgan fingerprint density at radius 3 is 2.63 bits per heavy atom. The van der Waals surface area contributed by atoms with Gasteiger partial charge in [0.2, 0.25) is 0 Å². The molecule has 2 aromatic heterocycles. The second-order valence-corrected chi connectivity index (χ2v) is 4.10. The summed E-state index contributed by atoms with van der Waals surface area (Å²) < 4.78 is 0. The normalized spacial score (nSPS) is 10.7. The average Bonchev–Trinajstić information content (AvgIpc) is 2.82.